The van der Waals surface area contributed by atoms with E-state index in [-0.39, 0.29) is 5.91 Å². The Bertz CT molecular complexity index is 874. The van der Waals surface area contributed by atoms with E-state index in [0.29, 0.717) is 29.3 Å². The van der Waals surface area contributed by atoms with Crippen LogP contribution in [-0.2, 0) is 6.54 Å². The molecule has 6 heteroatoms. The molecule has 0 saturated heterocycles. The number of anilines is 2. The highest BCUT2D eigenvalue weighted by atomic mass is 16.5. The van der Waals surface area contributed by atoms with Gasteiger partial charge >= 0.3 is 0 Å². The summed E-state index contributed by atoms with van der Waals surface area (Å²) >= 11 is 0. The molecule has 3 aromatic rings. The Balaban J connectivity index is 1.67. The van der Waals surface area contributed by atoms with Crippen LogP contribution in [0.25, 0.3) is 0 Å². The van der Waals surface area contributed by atoms with Crippen molar-refractivity contribution in [3.8, 4) is 11.5 Å². The number of aromatic nitrogens is 1. The Kier molecular flexibility index (Phi) is 5.89. The Morgan fingerprint density at radius 1 is 0.926 bits per heavy atom. The molecule has 2 aromatic carbocycles. The molecule has 0 bridgehead atoms. The van der Waals surface area contributed by atoms with Crippen molar-refractivity contribution in [2.45, 2.75) is 6.54 Å². The van der Waals surface area contributed by atoms with Crippen molar-refractivity contribution in [1.82, 2.24) is 4.98 Å². The third-order valence-electron chi connectivity index (χ3n) is 3.99. The summed E-state index contributed by atoms with van der Waals surface area (Å²) in [5.41, 5.74) is 2.09. The largest absolute Gasteiger partial charge is 0.496 e. The maximum absolute atomic E-state index is 12.7. The second-order valence-electron chi connectivity index (χ2n) is 5.76. The highest BCUT2D eigenvalue weighted by Crippen LogP contribution is 2.29. The second-order valence-corrected chi connectivity index (χ2v) is 5.76. The van der Waals surface area contributed by atoms with E-state index < -0.39 is 0 Å². The lowest BCUT2D eigenvalue weighted by atomic mass is 10.1. The first-order valence-corrected chi connectivity index (χ1v) is 8.47. The van der Waals surface area contributed by atoms with E-state index in [1.165, 1.54) is 19.8 Å². The Morgan fingerprint density at radius 3 is 2.22 bits per heavy atom. The number of ether oxygens (including phenoxy) is 2. The zero-order valence-electron chi connectivity index (χ0n) is 15.2. The van der Waals surface area contributed by atoms with Gasteiger partial charge in [0.15, 0.2) is 0 Å². The molecule has 138 valence electrons. The summed E-state index contributed by atoms with van der Waals surface area (Å²) in [5.74, 6) is 1.30. The van der Waals surface area contributed by atoms with E-state index in [1.54, 1.807) is 30.5 Å². The molecule has 0 atom stereocenters. The molecule has 27 heavy (non-hydrogen) atoms. The molecular formula is C21H21N3O3. The van der Waals surface area contributed by atoms with Crippen LogP contribution in [0.1, 0.15) is 15.9 Å². The van der Waals surface area contributed by atoms with Crippen molar-refractivity contribution >= 4 is 17.4 Å². The Morgan fingerprint density at radius 2 is 1.63 bits per heavy atom. The summed E-state index contributed by atoms with van der Waals surface area (Å²) in [5, 5.41) is 6.07. The number of pyridine rings is 1. The third kappa shape index (κ3) is 4.55. The van der Waals surface area contributed by atoms with E-state index in [0.717, 1.165) is 5.82 Å². The van der Waals surface area contributed by atoms with E-state index in [2.05, 4.69) is 15.6 Å². The van der Waals surface area contributed by atoms with Gasteiger partial charge < -0.3 is 20.1 Å². The molecule has 0 aliphatic carbocycles. The minimum absolute atomic E-state index is 0.323. The van der Waals surface area contributed by atoms with Crippen LogP contribution in [0.5, 0.6) is 11.5 Å². The lowest BCUT2D eigenvalue weighted by Crippen LogP contribution is -2.15. The fourth-order valence-corrected chi connectivity index (χ4v) is 2.63. The third-order valence-corrected chi connectivity index (χ3v) is 3.99. The van der Waals surface area contributed by atoms with Crippen molar-refractivity contribution in [2.75, 3.05) is 24.9 Å². The van der Waals surface area contributed by atoms with Crippen molar-refractivity contribution in [3.63, 3.8) is 0 Å². The number of nitrogens with one attached hydrogen (secondary N) is 2. The van der Waals surface area contributed by atoms with Crippen molar-refractivity contribution in [3.05, 3.63) is 78.0 Å². The van der Waals surface area contributed by atoms with Gasteiger partial charge in [-0.3, -0.25) is 4.79 Å². The number of hydrogen-bond acceptors (Lipinski definition) is 5. The normalized spacial score (nSPS) is 10.1. The first kappa shape index (κ1) is 18.3. The molecule has 2 N–H and O–H groups in total. The van der Waals surface area contributed by atoms with E-state index in [9.17, 15) is 4.79 Å². The fraction of sp³-hybridized carbons (Fsp3) is 0.143. The van der Waals surface area contributed by atoms with Gasteiger partial charge in [-0.25, -0.2) is 4.98 Å². The number of hydrogen-bond donors (Lipinski definition) is 2. The SMILES string of the molecule is COc1cccc(OC)c1C(=O)Nc1ccc(NCc2ccccc2)nc1. The first-order valence-electron chi connectivity index (χ1n) is 8.47. The van der Waals surface area contributed by atoms with Gasteiger partial charge in [0, 0.05) is 6.54 Å². The maximum atomic E-state index is 12.7. The van der Waals surface area contributed by atoms with Crippen LogP contribution in [0.3, 0.4) is 0 Å². The minimum Gasteiger partial charge on any atom is -0.496 e. The molecule has 0 spiro atoms. The lowest BCUT2D eigenvalue weighted by molar-refractivity contribution is 0.102. The first-order chi connectivity index (χ1) is 13.2. The average Bonchev–Trinajstić information content (AvgIpc) is 2.73. The summed E-state index contributed by atoms with van der Waals surface area (Å²) in [6.45, 7) is 0.679. The van der Waals surface area contributed by atoms with Crippen molar-refractivity contribution < 1.29 is 14.3 Å². The molecule has 3 rings (SSSR count). The molecule has 1 heterocycles. The highest BCUT2D eigenvalue weighted by Gasteiger charge is 2.18. The van der Waals surface area contributed by atoms with Crippen LogP contribution in [0.2, 0.25) is 0 Å². The van der Waals surface area contributed by atoms with Gasteiger partial charge in [0.2, 0.25) is 0 Å². The summed E-state index contributed by atoms with van der Waals surface area (Å²) in [4.78, 5) is 17.0. The van der Waals surface area contributed by atoms with Gasteiger partial charge in [0.1, 0.15) is 22.9 Å². The summed E-state index contributed by atoms with van der Waals surface area (Å²) in [6.07, 6.45) is 1.60. The summed E-state index contributed by atoms with van der Waals surface area (Å²) in [6, 6.07) is 18.9. The van der Waals surface area contributed by atoms with Gasteiger partial charge in [-0.1, -0.05) is 36.4 Å². The van der Waals surface area contributed by atoms with Gasteiger partial charge in [-0.2, -0.15) is 0 Å². The number of methoxy groups -OCH3 is 2. The number of benzene rings is 2. The van der Waals surface area contributed by atoms with Gasteiger partial charge in [-0.05, 0) is 29.8 Å². The molecular weight excluding hydrogens is 342 g/mol. The number of rotatable bonds is 7. The highest BCUT2D eigenvalue weighted by molar-refractivity contribution is 6.08. The second kappa shape index (κ2) is 8.71. The standard InChI is InChI=1S/C21H21N3O3/c1-26-17-9-6-10-18(27-2)20(17)21(25)24-16-11-12-19(23-14-16)22-13-15-7-4-3-5-8-15/h3-12,14H,13H2,1-2H3,(H,22,23)(H,24,25). The molecule has 0 fully saturated rings. The molecule has 0 saturated carbocycles. The lowest BCUT2D eigenvalue weighted by Gasteiger charge is -2.13. The predicted molar refractivity (Wildman–Crippen MR) is 106 cm³/mol. The van der Waals surface area contributed by atoms with Crippen LogP contribution in [0, 0.1) is 0 Å². The smallest absolute Gasteiger partial charge is 0.263 e. The number of carbonyl (C=O) groups is 1. The van der Waals surface area contributed by atoms with Gasteiger partial charge in [0.05, 0.1) is 26.1 Å². The monoisotopic (exact) mass is 363 g/mol. The molecule has 1 aromatic heterocycles. The van der Waals surface area contributed by atoms with Gasteiger partial charge in [-0.15, -0.1) is 0 Å². The predicted octanol–water partition coefficient (Wildman–Crippen LogP) is 3.96. The van der Waals surface area contributed by atoms with Crippen LogP contribution in [0.4, 0.5) is 11.5 Å². The molecule has 0 radical (unpaired) electrons. The summed E-state index contributed by atoms with van der Waals surface area (Å²) in [7, 11) is 3.03. The molecule has 1 amide bonds. The maximum Gasteiger partial charge on any atom is 0.263 e. The number of carbonyl (C=O) groups excluding carboxylic acids is 1. The Hall–Kier alpha value is -3.54. The minimum atomic E-state index is -0.323. The number of amides is 1. The quantitative estimate of drug-likeness (QED) is 0.665. The van der Waals surface area contributed by atoms with Crippen LogP contribution in [0.15, 0.2) is 66.9 Å². The van der Waals surface area contributed by atoms with E-state index >= 15 is 0 Å². The van der Waals surface area contributed by atoms with Crippen LogP contribution < -0.4 is 20.1 Å². The number of nitrogens with zero attached hydrogens (tertiary/aromatic N) is 1. The van der Waals surface area contributed by atoms with Gasteiger partial charge in [0.25, 0.3) is 5.91 Å². The van der Waals surface area contributed by atoms with E-state index in [1.807, 2.05) is 36.4 Å². The van der Waals surface area contributed by atoms with Crippen molar-refractivity contribution in [1.29, 1.82) is 0 Å². The average molecular weight is 363 g/mol. The molecule has 0 aliphatic rings. The zero-order chi connectivity index (χ0) is 19.1. The fourth-order valence-electron chi connectivity index (χ4n) is 2.63. The molecule has 6 nitrogen and oxygen atoms in total. The summed E-state index contributed by atoms with van der Waals surface area (Å²) < 4.78 is 10.5. The molecule has 0 unspecified atom stereocenters. The Labute approximate surface area is 158 Å². The van der Waals surface area contributed by atoms with E-state index in [4.69, 9.17) is 9.47 Å². The zero-order valence-corrected chi connectivity index (χ0v) is 15.2. The molecule has 0 aliphatic heterocycles. The topological polar surface area (TPSA) is 72.5 Å². The van der Waals surface area contributed by atoms with Crippen molar-refractivity contribution in [2.24, 2.45) is 0 Å². The van der Waals surface area contributed by atoms with Crippen LogP contribution >= 0.6 is 0 Å². The van der Waals surface area contributed by atoms with Crippen LogP contribution in [-0.4, -0.2) is 25.1 Å².